The van der Waals surface area contributed by atoms with E-state index in [2.05, 4.69) is 46.4 Å². The molecule has 1 fully saturated rings. The van der Waals surface area contributed by atoms with E-state index >= 15 is 0 Å². The molecule has 3 rings (SSSR count). The molecule has 1 heterocycles. The fraction of sp³-hybridized carbons (Fsp3) is 0.500. The molecule has 2 amide bonds. The van der Waals surface area contributed by atoms with E-state index in [1.807, 2.05) is 42.5 Å². The number of aliphatic carboxylic acids is 1. The molecule has 10 nitrogen and oxygen atoms in total. The summed E-state index contributed by atoms with van der Waals surface area (Å²) < 4.78 is 37.5. The highest BCUT2D eigenvalue weighted by Crippen LogP contribution is 2.21. The van der Waals surface area contributed by atoms with Crippen LogP contribution in [-0.2, 0) is 27.5 Å². The van der Waals surface area contributed by atoms with Gasteiger partial charge in [-0.1, -0.05) is 56.3 Å². The molecule has 238 valence electrons. The lowest BCUT2D eigenvalue weighted by Gasteiger charge is -2.39. The number of carboxylic acids is 1. The topological polar surface area (TPSA) is 137 Å². The van der Waals surface area contributed by atoms with Gasteiger partial charge in [0, 0.05) is 44.8 Å². The van der Waals surface area contributed by atoms with Gasteiger partial charge in [-0.05, 0) is 49.2 Å². The van der Waals surface area contributed by atoms with Crippen LogP contribution in [0.2, 0.25) is 0 Å². The van der Waals surface area contributed by atoms with Gasteiger partial charge < -0.3 is 31.1 Å². The quantitative estimate of drug-likeness (QED) is 0.270. The first-order valence-electron chi connectivity index (χ1n) is 14.2. The van der Waals surface area contributed by atoms with Crippen LogP contribution in [0, 0.1) is 0 Å². The van der Waals surface area contributed by atoms with Gasteiger partial charge in [-0.2, -0.15) is 13.2 Å². The molecule has 0 unspecified atom stereocenters. The van der Waals surface area contributed by atoms with Crippen molar-refractivity contribution in [3.8, 4) is 5.75 Å². The summed E-state index contributed by atoms with van der Waals surface area (Å²) in [7, 11) is 0. The standard InChI is InChI=1S/C28H41N5O3.C2HF3O2/c1-3-32(4-2)18-19-36-25-12-10-23(11-13-25)20-30-26(34)27(35)31-22-28(29)14-16-33(17-15-28)21-24-8-6-5-7-9-24;3-2(4,5)1(6)7/h5-13H,3-4,14-22,29H2,1-2H3,(H,30,34)(H,31,35);(H,6,7). The molecule has 2 aromatic rings. The maximum Gasteiger partial charge on any atom is 0.490 e. The van der Waals surface area contributed by atoms with Crippen molar-refractivity contribution in [2.24, 2.45) is 5.73 Å². The van der Waals surface area contributed by atoms with Crippen LogP contribution in [0.3, 0.4) is 0 Å². The first-order valence-corrected chi connectivity index (χ1v) is 14.2. The van der Waals surface area contributed by atoms with Crippen molar-refractivity contribution in [3.63, 3.8) is 0 Å². The maximum atomic E-state index is 12.3. The van der Waals surface area contributed by atoms with E-state index in [9.17, 15) is 22.8 Å². The number of hydrogen-bond donors (Lipinski definition) is 4. The maximum absolute atomic E-state index is 12.3. The van der Waals surface area contributed by atoms with Crippen molar-refractivity contribution in [2.45, 2.75) is 51.5 Å². The van der Waals surface area contributed by atoms with Crippen molar-refractivity contribution < 1.29 is 37.4 Å². The van der Waals surface area contributed by atoms with Crippen molar-refractivity contribution in [3.05, 3.63) is 65.7 Å². The number of hydrogen-bond acceptors (Lipinski definition) is 7. The molecule has 43 heavy (non-hydrogen) atoms. The normalized spacial score (nSPS) is 14.8. The molecule has 0 aliphatic carbocycles. The Morgan fingerprint density at radius 1 is 0.953 bits per heavy atom. The van der Waals surface area contributed by atoms with E-state index in [4.69, 9.17) is 20.4 Å². The summed E-state index contributed by atoms with van der Waals surface area (Å²) in [5.41, 5.74) is 8.20. The van der Waals surface area contributed by atoms with Gasteiger partial charge in [-0.15, -0.1) is 0 Å². The van der Waals surface area contributed by atoms with Crippen molar-refractivity contribution in [1.82, 2.24) is 20.4 Å². The third-order valence-corrected chi connectivity index (χ3v) is 7.10. The lowest BCUT2D eigenvalue weighted by Crippen LogP contribution is -2.57. The number of likely N-dealkylation sites (N-methyl/N-ethyl adjacent to an activating group) is 1. The molecule has 1 saturated heterocycles. The lowest BCUT2D eigenvalue weighted by molar-refractivity contribution is -0.192. The Hall–Kier alpha value is -3.68. The Bertz CT molecular complexity index is 1140. The smallest absolute Gasteiger partial charge is 0.490 e. The minimum Gasteiger partial charge on any atom is -0.492 e. The zero-order valence-corrected chi connectivity index (χ0v) is 24.7. The van der Waals surface area contributed by atoms with Crippen LogP contribution in [0.15, 0.2) is 54.6 Å². The van der Waals surface area contributed by atoms with E-state index in [-0.39, 0.29) is 13.1 Å². The van der Waals surface area contributed by atoms with E-state index in [1.54, 1.807) is 0 Å². The van der Waals surface area contributed by atoms with E-state index in [1.165, 1.54) is 5.56 Å². The van der Waals surface area contributed by atoms with Crippen LogP contribution in [0.5, 0.6) is 5.75 Å². The summed E-state index contributed by atoms with van der Waals surface area (Å²) in [6.07, 6.45) is -3.55. The number of alkyl halides is 3. The summed E-state index contributed by atoms with van der Waals surface area (Å²) in [4.78, 5) is 38.2. The summed E-state index contributed by atoms with van der Waals surface area (Å²) in [5, 5.41) is 12.5. The number of amides is 2. The number of nitrogens with one attached hydrogen (secondary N) is 2. The number of likely N-dealkylation sites (tertiary alicyclic amines) is 1. The van der Waals surface area contributed by atoms with E-state index < -0.39 is 29.5 Å². The third kappa shape index (κ3) is 13.4. The number of ether oxygens (including phenoxy) is 1. The molecular weight excluding hydrogens is 567 g/mol. The first-order chi connectivity index (χ1) is 20.3. The Labute approximate surface area is 250 Å². The van der Waals surface area contributed by atoms with Gasteiger partial charge in [0.2, 0.25) is 0 Å². The number of nitrogens with zero attached hydrogens (tertiary/aromatic N) is 2. The molecule has 0 aromatic heterocycles. The molecule has 13 heteroatoms. The highest BCUT2D eigenvalue weighted by Gasteiger charge is 2.38. The number of nitrogens with two attached hydrogens (primary N) is 1. The number of rotatable bonds is 12. The monoisotopic (exact) mass is 609 g/mol. The molecule has 0 atom stereocenters. The van der Waals surface area contributed by atoms with Gasteiger partial charge in [0.05, 0.1) is 0 Å². The van der Waals surface area contributed by atoms with Crippen molar-refractivity contribution in [2.75, 3.05) is 45.9 Å². The average molecular weight is 610 g/mol. The first kappa shape index (κ1) is 35.5. The minimum absolute atomic E-state index is 0.272. The van der Waals surface area contributed by atoms with E-state index in [0.717, 1.165) is 63.4 Å². The average Bonchev–Trinajstić information content (AvgIpc) is 2.99. The fourth-order valence-electron chi connectivity index (χ4n) is 4.31. The van der Waals surface area contributed by atoms with Gasteiger partial charge in [0.25, 0.3) is 0 Å². The molecule has 0 saturated carbocycles. The second-order valence-electron chi connectivity index (χ2n) is 10.3. The largest absolute Gasteiger partial charge is 0.492 e. The number of carbonyl (C=O) groups excluding carboxylic acids is 2. The summed E-state index contributed by atoms with van der Waals surface area (Å²) >= 11 is 0. The minimum atomic E-state index is -5.08. The predicted molar refractivity (Wildman–Crippen MR) is 156 cm³/mol. The van der Waals surface area contributed by atoms with Crippen LogP contribution < -0.4 is 21.1 Å². The Kier molecular flexibility index (Phi) is 14.4. The molecule has 1 aliphatic rings. The van der Waals surface area contributed by atoms with Crippen LogP contribution >= 0.6 is 0 Å². The Morgan fingerprint density at radius 3 is 2.05 bits per heavy atom. The highest BCUT2D eigenvalue weighted by molar-refractivity contribution is 6.35. The van der Waals surface area contributed by atoms with E-state index in [0.29, 0.717) is 6.61 Å². The summed E-state index contributed by atoms with van der Waals surface area (Å²) in [5.74, 6) is -3.27. The Balaban J connectivity index is 0.000000821. The molecule has 0 radical (unpaired) electrons. The second kappa shape index (κ2) is 17.4. The molecular formula is C30H42F3N5O5. The number of carboxylic acid groups (broad SMARTS) is 1. The van der Waals surface area contributed by atoms with Crippen LogP contribution in [0.25, 0.3) is 0 Å². The second-order valence-corrected chi connectivity index (χ2v) is 10.3. The highest BCUT2D eigenvalue weighted by atomic mass is 19.4. The van der Waals surface area contributed by atoms with Crippen LogP contribution in [-0.4, -0.2) is 90.3 Å². The summed E-state index contributed by atoms with van der Waals surface area (Å²) in [6.45, 7) is 11.0. The molecule has 5 N–H and O–H groups in total. The van der Waals surface area contributed by atoms with Crippen molar-refractivity contribution >= 4 is 17.8 Å². The van der Waals surface area contributed by atoms with Gasteiger partial charge >= 0.3 is 24.0 Å². The number of halogens is 3. The Morgan fingerprint density at radius 2 is 1.51 bits per heavy atom. The predicted octanol–water partition coefficient (Wildman–Crippen LogP) is 2.77. The molecule has 1 aliphatic heterocycles. The lowest BCUT2D eigenvalue weighted by atomic mass is 9.88. The number of carbonyl (C=O) groups is 3. The number of piperidine rings is 1. The van der Waals surface area contributed by atoms with Gasteiger partial charge in [0.1, 0.15) is 12.4 Å². The summed E-state index contributed by atoms with van der Waals surface area (Å²) in [6, 6.07) is 17.9. The molecule has 2 aromatic carbocycles. The zero-order valence-electron chi connectivity index (χ0n) is 24.7. The number of benzene rings is 2. The van der Waals surface area contributed by atoms with Gasteiger partial charge in [-0.3, -0.25) is 14.5 Å². The zero-order chi connectivity index (χ0) is 31.9. The van der Waals surface area contributed by atoms with Crippen LogP contribution in [0.4, 0.5) is 13.2 Å². The SMILES string of the molecule is CCN(CC)CCOc1ccc(CNC(=O)C(=O)NCC2(N)CCN(Cc3ccccc3)CC2)cc1.O=C(O)C(F)(F)F. The van der Waals surface area contributed by atoms with Crippen molar-refractivity contribution in [1.29, 1.82) is 0 Å². The third-order valence-electron chi connectivity index (χ3n) is 7.10. The molecule has 0 bridgehead atoms. The van der Waals surface area contributed by atoms with Gasteiger partial charge in [0.15, 0.2) is 0 Å². The van der Waals surface area contributed by atoms with Crippen LogP contribution in [0.1, 0.15) is 37.8 Å². The fourth-order valence-corrected chi connectivity index (χ4v) is 4.31. The molecule has 0 spiro atoms. The van der Waals surface area contributed by atoms with Gasteiger partial charge in [-0.25, -0.2) is 4.79 Å².